The number of rotatable bonds is 1. The van der Waals surface area contributed by atoms with Gasteiger partial charge in [0.05, 0.1) is 0 Å². The average molecular weight is 183 g/mol. The summed E-state index contributed by atoms with van der Waals surface area (Å²) in [5.41, 5.74) is -0.968. The van der Waals surface area contributed by atoms with Crippen molar-refractivity contribution >= 4 is 11.6 Å². The Bertz CT molecular complexity index is 266. The van der Waals surface area contributed by atoms with E-state index in [-0.39, 0.29) is 0 Å². The molecule has 0 aliphatic rings. The molecule has 2 nitrogen and oxygen atoms in total. The molecule has 0 atom stereocenters. The number of alkyl halides is 2. The maximum atomic E-state index is 12.5. The van der Waals surface area contributed by atoms with Crippen LogP contribution in [0.5, 0.6) is 0 Å². The van der Waals surface area contributed by atoms with Gasteiger partial charge in [-0.15, -0.1) is 0 Å². The molecule has 1 aromatic rings. The van der Waals surface area contributed by atoms with Crippen LogP contribution in [0.1, 0.15) is 12.1 Å². The van der Waals surface area contributed by atoms with Crippen LogP contribution < -0.4 is 0 Å². The van der Waals surface area contributed by atoms with E-state index in [2.05, 4.69) is 9.97 Å². The third-order valence-corrected chi connectivity index (χ3v) is 1.24. The van der Waals surface area contributed by atoms with Crippen molar-refractivity contribution in [3.8, 4) is 0 Å². The van der Waals surface area contributed by atoms with E-state index in [1.54, 1.807) is 0 Å². The van der Waals surface area contributed by atoms with Crippen LogP contribution in [0.4, 0.5) is 13.2 Å². The quantitative estimate of drug-likeness (QED) is 0.623. The maximum Gasteiger partial charge on any atom is 0.283 e. The van der Waals surface area contributed by atoms with Crippen LogP contribution in [0.2, 0.25) is 5.15 Å². The van der Waals surface area contributed by atoms with Crippen LogP contribution in [-0.2, 0) is 0 Å². The second-order valence-corrected chi connectivity index (χ2v) is 2.02. The number of nitrogens with zero attached hydrogens (tertiary/aromatic N) is 2. The molecule has 11 heavy (non-hydrogen) atoms. The minimum atomic E-state index is -2.96. The monoisotopic (exact) mass is 182 g/mol. The largest absolute Gasteiger partial charge is 0.283 e. The van der Waals surface area contributed by atoms with Gasteiger partial charge in [0, 0.05) is 0 Å². The predicted molar refractivity (Wildman–Crippen MR) is 32.0 cm³/mol. The zero-order valence-corrected chi connectivity index (χ0v) is 5.82. The highest BCUT2D eigenvalue weighted by Gasteiger charge is 2.17. The summed E-state index contributed by atoms with van der Waals surface area (Å²) in [6.45, 7) is 0. The molecule has 6 heteroatoms. The fourth-order valence-corrected chi connectivity index (χ4v) is 0.653. The lowest BCUT2D eigenvalue weighted by atomic mass is 10.4. The minimum Gasteiger partial charge on any atom is -0.232 e. The molecule has 0 N–H and O–H groups in total. The zero-order chi connectivity index (χ0) is 8.43. The van der Waals surface area contributed by atoms with Crippen molar-refractivity contribution in [2.24, 2.45) is 0 Å². The molecule has 1 aromatic heterocycles. The van der Waals surface area contributed by atoms with Gasteiger partial charge in [0.2, 0.25) is 0 Å². The van der Waals surface area contributed by atoms with Crippen molar-refractivity contribution < 1.29 is 13.2 Å². The topological polar surface area (TPSA) is 25.8 Å². The Morgan fingerprint density at radius 2 is 2.00 bits per heavy atom. The first-order valence-corrected chi connectivity index (χ1v) is 2.94. The molecule has 0 amide bonds. The second-order valence-electron chi connectivity index (χ2n) is 1.66. The summed E-state index contributed by atoms with van der Waals surface area (Å²) in [6.07, 6.45) is -2.18. The number of hydrogen-bond donors (Lipinski definition) is 0. The van der Waals surface area contributed by atoms with Gasteiger partial charge >= 0.3 is 0 Å². The average Bonchev–Trinajstić information content (AvgIpc) is 1.94. The Balaban J connectivity index is 3.17. The maximum absolute atomic E-state index is 12.5. The third kappa shape index (κ3) is 1.59. The molecule has 0 saturated heterocycles. The van der Waals surface area contributed by atoms with Crippen LogP contribution in [0, 0.1) is 5.82 Å². The molecule has 60 valence electrons. The summed E-state index contributed by atoms with van der Waals surface area (Å²) >= 11 is 5.10. The highest BCUT2D eigenvalue weighted by molar-refractivity contribution is 6.29. The van der Waals surface area contributed by atoms with Gasteiger partial charge < -0.3 is 0 Å². The Kier molecular flexibility index (Phi) is 2.28. The zero-order valence-electron chi connectivity index (χ0n) is 5.06. The van der Waals surface area contributed by atoms with E-state index in [0.29, 0.717) is 0 Å². The Morgan fingerprint density at radius 1 is 1.36 bits per heavy atom. The van der Waals surface area contributed by atoms with Crippen LogP contribution in [0.15, 0.2) is 6.33 Å². The van der Waals surface area contributed by atoms with Crippen molar-refractivity contribution in [3.63, 3.8) is 0 Å². The molecule has 0 saturated carbocycles. The van der Waals surface area contributed by atoms with Gasteiger partial charge in [-0.3, -0.25) is 0 Å². The highest BCUT2D eigenvalue weighted by Crippen LogP contribution is 2.22. The third-order valence-electron chi connectivity index (χ3n) is 0.981. The van der Waals surface area contributed by atoms with E-state index < -0.39 is 23.1 Å². The normalized spacial score (nSPS) is 10.6. The summed E-state index contributed by atoms with van der Waals surface area (Å²) in [7, 11) is 0. The summed E-state index contributed by atoms with van der Waals surface area (Å²) in [5, 5.41) is -0.588. The fourth-order valence-electron chi connectivity index (χ4n) is 0.513. The van der Waals surface area contributed by atoms with Crippen molar-refractivity contribution in [2.75, 3.05) is 0 Å². The second kappa shape index (κ2) is 3.04. The lowest BCUT2D eigenvalue weighted by Gasteiger charge is -1.99. The van der Waals surface area contributed by atoms with Gasteiger partial charge in [-0.2, -0.15) is 0 Å². The van der Waals surface area contributed by atoms with E-state index in [1.807, 2.05) is 0 Å². The molecule has 0 bridgehead atoms. The Labute approximate surface area is 65.0 Å². The van der Waals surface area contributed by atoms with Gasteiger partial charge in [0.15, 0.2) is 11.0 Å². The first-order chi connectivity index (χ1) is 5.13. The van der Waals surface area contributed by atoms with E-state index in [1.165, 1.54) is 0 Å². The summed E-state index contributed by atoms with van der Waals surface area (Å²) in [5.74, 6) is -1.26. The molecule has 0 fully saturated rings. The van der Waals surface area contributed by atoms with E-state index in [4.69, 9.17) is 11.6 Å². The van der Waals surface area contributed by atoms with E-state index in [0.717, 1.165) is 6.33 Å². The molecule has 0 aromatic carbocycles. The number of aromatic nitrogens is 2. The molecule has 0 unspecified atom stereocenters. The van der Waals surface area contributed by atoms with Crippen LogP contribution in [-0.4, -0.2) is 9.97 Å². The Morgan fingerprint density at radius 3 is 2.45 bits per heavy atom. The standard InChI is InChI=1S/C5H2ClF3N2/c6-4-2(7)3(5(8)9)10-1-11-4/h1,5H. The number of halogens is 4. The first-order valence-electron chi connectivity index (χ1n) is 2.57. The Hall–Kier alpha value is -0.840. The van der Waals surface area contributed by atoms with Crippen molar-refractivity contribution in [1.29, 1.82) is 0 Å². The summed E-state index contributed by atoms with van der Waals surface area (Å²) in [6, 6.07) is 0. The van der Waals surface area contributed by atoms with Gasteiger partial charge in [-0.05, 0) is 0 Å². The summed E-state index contributed by atoms with van der Waals surface area (Å²) < 4.78 is 36.2. The molecular weight excluding hydrogens is 181 g/mol. The molecule has 0 spiro atoms. The van der Waals surface area contributed by atoms with Gasteiger partial charge in [0.25, 0.3) is 6.43 Å². The molecule has 0 radical (unpaired) electrons. The lowest BCUT2D eigenvalue weighted by molar-refractivity contribution is 0.140. The van der Waals surface area contributed by atoms with Gasteiger partial charge in [0.1, 0.15) is 12.0 Å². The van der Waals surface area contributed by atoms with Crippen LogP contribution in [0.3, 0.4) is 0 Å². The van der Waals surface area contributed by atoms with Crippen molar-refractivity contribution in [1.82, 2.24) is 9.97 Å². The first kappa shape index (κ1) is 8.26. The predicted octanol–water partition coefficient (Wildman–Crippen LogP) is 2.21. The van der Waals surface area contributed by atoms with E-state index in [9.17, 15) is 13.2 Å². The molecule has 0 aliphatic carbocycles. The summed E-state index contributed by atoms with van der Waals surface area (Å²) in [4.78, 5) is 6.19. The smallest absolute Gasteiger partial charge is 0.232 e. The SMILES string of the molecule is Fc1c(Cl)ncnc1C(F)F. The minimum absolute atomic E-state index is 0.588. The fraction of sp³-hybridized carbons (Fsp3) is 0.200. The molecule has 1 heterocycles. The van der Waals surface area contributed by atoms with Gasteiger partial charge in [-0.1, -0.05) is 11.6 Å². The molecule has 0 aliphatic heterocycles. The highest BCUT2D eigenvalue weighted by atomic mass is 35.5. The lowest BCUT2D eigenvalue weighted by Crippen LogP contribution is -1.97. The molecule has 1 rings (SSSR count). The van der Waals surface area contributed by atoms with E-state index >= 15 is 0 Å². The van der Waals surface area contributed by atoms with Crippen LogP contribution >= 0.6 is 11.6 Å². The van der Waals surface area contributed by atoms with Gasteiger partial charge in [-0.25, -0.2) is 23.1 Å². The molecular formula is C5H2ClF3N2. The number of hydrogen-bond acceptors (Lipinski definition) is 2. The van der Waals surface area contributed by atoms with Crippen LogP contribution in [0.25, 0.3) is 0 Å². The van der Waals surface area contributed by atoms with Crippen molar-refractivity contribution in [3.05, 3.63) is 23.0 Å². The van der Waals surface area contributed by atoms with Crippen molar-refractivity contribution in [2.45, 2.75) is 6.43 Å².